The van der Waals surface area contributed by atoms with Crippen molar-refractivity contribution in [1.29, 1.82) is 15.8 Å². The molecule has 1 aliphatic rings. The topological polar surface area (TPSA) is 87.5 Å². The van der Waals surface area contributed by atoms with Crippen LogP contribution >= 0.6 is 23.5 Å². The van der Waals surface area contributed by atoms with Gasteiger partial charge in [0.1, 0.15) is 23.8 Å². The van der Waals surface area contributed by atoms with Crippen LogP contribution < -0.4 is 4.90 Å². The molecule has 0 saturated carbocycles. The van der Waals surface area contributed by atoms with Gasteiger partial charge in [-0.3, -0.25) is 4.98 Å². The number of nitrogens with zero attached hydrogens (tertiary/aromatic N) is 5. The van der Waals surface area contributed by atoms with Crippen LogP contribution in [0, 0.1) is 34.0 Å². The fraction of sp³-hybridized carbons (Fsp3) is 0.273. The van der Waals surface area contributed by atoms with E-state index in [2.05, 4.69) is 23.1 Å². The van der Waals surface area contributed by atoms with Crippen molar-refractivity contribution in [3.05, 3.63) is 65.0 Å². The zero-order valence-corrected chi connectivity index (χ0v) is 17.5. The fourth-order valence-corrected chi connectivity index (χ4v) is 4.73. The van der Waals surface area contributed by atoms with Gasteiger partial charge in [-0.1, -0.05) is 18.2 Å². The molecule has 0 spiro atoms. The van der Waals surface area contributed by atoms with Crippen molar-refractivity contribution in [2.45, 2.75) is 11.5 Å². The standard InChI is InChI=1S/C22H19N5S2/c23-12-18(13-24)22(14-25)17-4-6-21(7-5-17)27-8-10-28-15-19-2-1-3-20(26-19)16-29-11-9-27/h1-7H,8-11,15-16H2. The minimum Gasteiger partial charge on any atom is -0.370 e. The Balaban J connectivity index is 1.74. The smallest absolute Gasteiger partial charge is 0.148 e. The van der Waals surface area contributed by atoms with E-state index in [1.54, 1.807) is 12.1 Å². The van der Waals surface area contributed by atoms with E-state index in [1.165, 1.54) is 0 Å². The maximum absolute atomic E-state index is 9.33. The molecule has 0 fully saturated rings. The predicted molar refractivity (Wildman–Crippen MR) is 119 cm³/mol. The maximum atomic E-state index is 9.33. The van der Waals surface area contributed by atoms with Gasteiger partial charge in [-0.25, -0.2) is 0 Å². The van der Waals surface area contributed by atoms with E-state index in [1.807, 2.05) is 53.9 Å². The third kappa shape index (κ3) is 5.55. The number of rotatable bonds is 2. The highest BCUT2D eigenvalue weighted by molar-refractivity contribution is 7.98. The third-order valence-electron chi connectivity index (χ3n) is 4.48. The van der Waals surface area contributed by atoms with E-state index in [9.17, 15) is 5.26 Å². The number of benzene rings is 1. The Morgan fingerprint density at radius 3 is 1.93 bits per heavy atom. The van der Waals surface area contributed by atoms with Gasteiger partial charge in [0.05, 0.1) is 17.0 Å². The third-order valence-corrected chi connectivity index (χ3v) is 6.42. The minimum atomic E-state index is -0.156. The highest BCUT2D eigenvalue weighted by Gasteiger charge is 2.12. The molecule has 144 valence electrons. The van der Waals surface area contributed by atoms with Gasteiger partial charge in [0.15, 0.2) is 0 Å². The number of hydrogen-bond donors (Lipinski definition) is 0. The van der Waals surface area contributed by atoms with Crippen LogP contribution in [0.5, 0.6) is 0 Å². The van der Waals surface area contributed by atoms with Crippen molar-refractivity contribution in [1.82, 2.24) is 4.98 Å². The molecule has 2 aromatic rings. The second-order valence-electron chi connectivity index (χ2n) is 6.34. The van der Waals surface area contributed by atoms with Gasteiger partial charge in [0, 0.05) is 41.8 Å². The molecule has 5 nitrogen and oxygen atoms in total. The predicted octanol–water partition coefficient (Wildman–Crippen LogP) is 4.39. The van der Waals surface area contributed by atoms with Crippen molar-refractivity contribution < 1.29 is 0 Å². The summed E-state index contributed by atoms with van der Waals surface area (Å²) in [5.74, 6) is 3.81. The molecular weight excluding hydrogens is 398 g/mol. The van der Waals surface area contributed by atoms with Crippen LogP contribution in [0.1, 0.15) is 17.0 Å². The van der Waals surface area contributed by atoms with Crippen LogP contribution in [-0.4, -0.2) is 29.6 Å². The van der Waals surface area contributed by atoms with Gasteiger partial charge < -0.3 is 4.90 Å². The van der Waals surface area contributed by atoms with Gasteiger partial charge in [0.25, 0.3) is 0 Å². The summed E-state index contributed by atoms with van der Waals surface area (Å²) in [5, 5.41) is 27.4. The van der Waals surface area contributed by atoms with E-state index < -0.39 is 0 Å². The first-order valence-electron chi connectivity index (χ1n) is 9.15. The molecule has 2 bridgehead atoms. The normalized spacial score (nSPS) is 14.3. The summed E-state index contributed by atoms with van der Waals surface area (Å²) in [4.78, 5) is 7.06. The lowest BCUT2D eigenvalue weighted by Crippen LogP contribution is -2.28. The average Bonchev–Trinajstić information content (AvgIpc) is 2.76. The van der Waals surface area contributed by atoms with Gasteiger partial charge in [-0.15, -0.1) is 0 Å². The van der Waals surface area contributed by atoms with Gasteiger partial charge >= 0.3 is 0 Å². The summed E-state index contributed by atoms with van der Waals surface area (Å²) in [6.45, 7) is 1.85. The second kappa shape index (κ2) is 10.6. The number of fused-ring (bicyclic) bond motifs is 2. The first-order chi connectivity index (χ1) is 14.2. The summed E-state index contributed by atoms with van der Waals surface area (Å²) >= 11 is 3.75. The van der Waals surface area contributed by atoms with Crippen LogP contribution in [0.4, 0.5) is 5.69 Å². The number of pyridine rings is 1. The number of allylic oxidation sites excluding steroid dienone is 2. The van der Waals surface area contributed by atoms with Gasteiger partial charge in [-0.05, 0) is 29.8 Å². The molecule has 2 heterocycles. The van der Waals surface area contributed by atoms with Crippen molar-refractivity contribution in [2.24, 2.45) is 0 Å². The van der Waals surface area contributed by atoms with Crippen LogP contribution in [0.25, 0.3) is 5.57 Å². The van der Waals surface area contributed by atoms with E-state index in [4.69, 9.17) is 15.5 Å². The fourth-order valence-electron chi connectivity index (χ4n) is 3.00. The van der Waals surface area contributed by atoms with E-state index >= 15 is 0 Å². The van der Waals surface area contributed by atoms with Crippen LogP contribution in [0.3, 0.4) is 0 Å². The molecule has 7 heteroatoms. The van der Waals surface area contributed by atoms with E-state index in [0.717, 1.165) is 53.2 Å². The summed E-state index contributed by atoms with van der Waals surface area (Å²) in [5.41, 5.74) is 3.90. The van der Waals surface area contributed by atoms with Crippen molar-refractivity contribution >= 4 is 34.8 Å². The Hall–Kier alpha value is -2.92. The molecule has 1 aromatic carbocycles. The first kappa shape index (κ1) is 20.8. The lowest BCUT2D eigenvalue weighted by molar-refractivity contribution is 0.877. The van der Waals surface area contributed by atoms with Crippen molar-refractivity contribution in [2.75, 3.05) is 29.5 Å². The van der Waals surface area contributed by atoms with Gasteiger partial charge in [0.2, 0.25) is 0 Å². The first-order valence-corrected chi connectivity index (χ1v) is 11.5. The van der Waals surface area contributed by atoms with Crippen molar-refractivity contribution in [3.63, 3.8) is 0 Å². The number of anilines is 1. The molecule has 1 aliphatic heterocycles. The molecule has 0 radical (unpaired) electrons. The molecule has 0 amide bonds. The van der Waals surface area contributed by atoms with Crippen molar-refractivity contribution in [3.8, 4) is 18.2 Å². The Morgan fingerprint density at radius 1 is 0.828 bits per heavy atom. The molecule has 1 aromatic heterocycles. The summed E-state index contributed by atoms with van der Waals surface area (Å²) in [6.07, 6.45) is 0. The highest BCUT2D eigenvalue weighted by Crippen LogP contribution is 2.24. The average molecular weight is 418 g/mol. The summed E-state index contributed by atoms with van der Waals surface area (Å²) in [6, 6.07) is 19.4. The zero-order chi connectivity index (χ0) is 20.5. The lowest BCUT2D eigenvalue weighted by atomic mass is 10.0. The number of nitriles is 3. The molecule has 0 N–H and O–H groups in total. The lowest BCUT2D eigenvalue weighted by Gasteiger charge is -2.25. The number of aromatic nitrogens is 1. The quantitative estimate of drug-likeness (QED) is 0.670. The summed E-state index contributed by atoms with van der Waals surface area (Å²) in [7, 11) is 0. The monoisotopic (exact) mass is 417 g/mol. The minimum absolute atomic E-state index is 0.120. The van der Waals surface area contributed by atoms with Crippen LogP contribution in [-0.2, 0) is 11.5 Å². The Labute approximate surface area is 179 Å². The molecule has 0 atom stereocenters. The molecule has 0 saturated heterocycles. The Bertz CT molecular complexity index is 966. The van der Waals surface area contributed by atoms with Crippen LogP contribution in [0.2, 0.25) is 0 Å². The number of hydrogen-bond acceptors (Lipinski definition) is 7. The summed E-state index contributed by atoms with van der Waals surface area (Å²) < 4.78 is 0. The Kier molecular flexibility index (Phi) is 7.59. The number of thioether (sulfide) groups is 2. The maximum Gasteiger partial charge on any atom is 0.148 e. The zero-order valence-electron chi connectivity index (χ0n) is 15.8. The molecule has 29 heavy (non-hydrogen) atoms. The van der Waals surface area contributed by atoms with E-state index in [0.29, 0.717) is 5.56 Å². The van der Waals surface area contributed by atoms with Crippen LogP contribution in [0.15, 0.2) is 48.0 Å². The largest absolute Gasteiger partial charge is 0.370 e. The molecule has 3 rings (SSSR count). The highest BCUT2D eigenvalue weighted by atomic mass is 32.2. The molecule has 0 unspecified atom stereocenters. The SMILES string of the molecule is N#CC(C#N)=C(C#N)c1ccc(N2CCSCc3cccc(n3)CSCC2)cc1. The second-order valence-corrected chi connectivity index (χ2v) is 8.56. The Morgan fingerprint density at radius 2 is 1.41 bits per heavy atom. The van der Waals surface area contributed by atoms with E-state index in [-0.39, 0.29) is 11.1 Å². The molecular formula is C22H19N5S2. The van der Waals surface area contributed by atoms with Gasteiger partial charge in [-0.2, -0.15) is 39.3 Å². The molecule has 0 aliphatic carbocycles.